The van der Waals surface area contributed by atoms with Gasteiger partial charge in [0.2, 0.25) is 0 Å². The second-order valence-electron chi connectivity index (χ2n) is 5.60. The van der Waals surface area contributed by atoms with Crippen molar-refractivity contribution in [2.45, 2.75) is 45.7 Å². The molecule has 1 aliphatic rings. The fraction of sp³-hybridized carbons (Fsp3) is 0.786. The summed E-state index contributed by atoms with van der Waals surface area (Å²) in [5.74, 6) is 0. The van der Waals surface area contributed by atoms with E-state index in [1.807, 2.05) is 13.8 Å². The fourth-order valence-electron chi connectivity index (χ4n) is 2.01. The highest BCUT2D eigenvalue weighted by molar-refractivity contribution is 5.98. The molecule has 0 unspecified atom stereocenters. The van der Waals surface area contributed by atoms with Crippen molar-refractivity contribution in [1.29, 1.82) is 0 Å². The molecule has 0 radical (unpaired) electrons. The first kappa shape index (κ1) is 15.2. The smallest absolute Gasteiger partial charge is 0.0532 e. The first-order chi connectivity index (χ1) is 8.40. The van der Waals surface area contributed by atoms with E-state index in [9.17, 15) is 0 Å². The molecule has 3 N–H and O–H groups in total. The average molecular weight is 252 g/mol. The SMILES string of the molecule is CC(=NC1CC(NCCN(C)C)C1)C(C)=C(C)N. The Hall–Kier alpha value is -0.870. The van der Waals surface area contributed by atoms with Crippen LogP contribution in [-0.2, 0) is 0 Å². The van der Waals surface area contributed by atoms with Crippen molar-refractivity contribution in [3.05, 3.63) is 11.3 Å². The molecule has 18 heavy (non-hydrogen) atoms. The Morgan fingerprint density at radius 2 is 1.89 bits per heavy atom. The third-order valence-corrected chi connectivity index (χ3v) is 3.62. The van der Waals surface area contributed by atoms with Crippen LogP contribution in [0.3, 0.4) is 0 Å². The summed E-state index contributed by atoms with van der Waals surface area (Å²) in [6.45, 7) is 8.18. The lowest BCUT2D eigenvalue weighted by atomic mass is 9.87. The summed E-state index contributed by atoms with van der Waals surface area (Å²) in [5.41, 5.74) is 8.86. The Labute approximate surface area is 111 Å². The summed E-state index contributed by atoms with van der Waals surface area (Å²) >= 11 is 0. The molecule has 0 heterocycles. The summed E-state index contributed by atoms with van der Waals surface area (Å²) in [5, 5.41) is 3.56. The molecule has 0 amide bonds. The number of nitrogens with one attached hydrogen (secondary N) is 1. The molecular weight excluding hydrogens is 224 g/mol. The highest BCUT2D eigenvalue weighted by Crippen LogP contribution is 2.24. The van der Waals surface area contributed by atoms with Gasteiger partial charge in [0, 0.05) is 30.5 Å². The molecule has 0 aromatic carbocycles. The van der Waals surface area contributed by atoms with E-state index in [1.165, 1.54) is 0 Å². The van der Waals surface area contributed by atoms with E-state index in [0.29, 0.717) is 12.1 Å². The zero-order valence-electron chi connectivity index (χ0n) is 12.5. The van der Waals surface area contributed by atoms with Crippen LogP contribution in [0.1, 0.15) is 33.6 Å². The standard InChI is InChI=1S/C14H28N4/c1-10(11(2)15)12(3)17-14-8-13(9-14)16-6-7-18(4)5/h13-14,16H,6-9,15H2,1-5H3. The van der Waals surface area contributed by atoms with E-state index >= 15 is 0 Å². The van der Waals surface area contributed by atoms with Gasteiger partial charge < -0.3 is 16.0 Å². The Kier molecular flexibility index (Phi) is 5.82. The van der Waals surface area contributed by atoms with Crippen LogP contribution in [0.4, 0.5) is 0 Å². The molecule has 1 fully saturated rings. The minimum Gasteiger partial charge on any atom is -0.402 e. The highest BCUT2D eigenvalue weighted by atomic mass is 15.1. The van der Waals surface area contributed by atoms with Crippen LogP contribution in [0, 0.1) is 0 Å². The van der Waals surface area contributed by atoms with Gasteiger partial charge >= 0.3 is 0 Å². The van der Waals surface area contributed by atoms with Gasteiger partial charge in [-0.25, -0.2) is 0 Å². The van der Waals surface area contributed by atoms with Crippen LogP contribution < -0.4 is 11.1 Å². The van der Waals surface area contributed by atoms with Crippen molar-refractivity contribution in [1.82, 2.24) is 10.2 Å². The van der Waals surface area contributed by atoms with Gasteiger partial charge in [0.05, 0.1) is 6.04 Å². The highest BCUT2D eigenvalue weighted by Gasteiger charge is 2.28. The molecule has 0 aliphatic heterocycles. The normalized spacial score (nSPS) is 26.0. The van der Waals surface area contributed by atoms with Crippen LogP contribution in [0.5, 0.6) is 0 Å². The van der Waals surface area contributed by atoms with Crippen LogP contribution in [0.15, 0.2) is 16.3 Å². The van der Waals surface area contributed by atoms with Gasteiger partial charge in [-0.2, -0.15) is 0 Å². The molecular formula is C14H28N4. The molecule has 4 heteroatoms. The lowest BCUT2D eigenvalue weighted by Gasteiger charge is -2.34. The number of nitrogens with zero attached hydrogens (tertiary/aromatic N) is 2. The second-order valence-corrected chi connectivity index (χ2v) is 5.60. The molecule has 1 rings (SSSR count). The number of aliphatic imine (C=N–C) groups is 1. The summed E-state index contributed by atoms with van der Waals surface area (Å²) in [7, 11) is 4.20. The van der Waals surface area contributed by atoms with E-state index < -0.39 is 0 Å². The molecule has 0 bridgehead atoms. The topological polar surface area (TPSA) is 53.7 Å². The van der Waals surface area contributed by atoms with Crippen LogP contribution in [0.2, 0.25) is 0 Å². The minimum absolute atomic E-state index is 0.483. The van der Waals surface area contributed by atoms with E-state index in [1.54, 1.807) is 0 Å². The first-order valence-corrected chi connectivity index (χ1v) is 6.76. The lowest BCUT2D eigenvalue weighted by Crippen LogP contribution is -2.45. The summed E-state index contributed by atoms with van der Waals surface area (Å²) in [6, 6.07) is 1.13. The van der Waals surface area contributed by atoms with Crippen molar-refractivity contribution < 1.29 is 0 Å². The van der Waals surface area contributed by atoms with Crippen molar-refractivity contribution in [3.8, 4) is 0 Å². The molecule has 1 saturated carbocycles. The van der Waals surface area contributed by atoms with Gasteiger partial charge in [0.25, 0.3) is 0 Å². The third-order valence-electron chi connectivity index (χ3n) is 3.62. The predicted octanol–water partition coefficient (Wildman–Crippen LogP) is 1.38. The summed E-state index contributed by atoms with van der Waals surface area (Å²) < 4.78 is 0. The number of nitrogens with two attached hydrogens (primary N) is 1. The van der Waals surface area contributed by atoms with E-state index in [-0.39, 0.29) is 0 Å². The van der Waals surface area contributed by atoms with Crippen molar-refractivity contribution in [2.24, 2.45) is 10.7 Å². The maximum absolute atomic E-state index is 5.78. The van der Waals surface area contributed by atoms with E-state index in [2.05, 4.69) is 31.2 Å². The number of likely N-dealkylation sites (N-methyl/N-ethyl adjacent to an activating group) is 1. The van der Waals surface area contributed by atoms with Crippen LogP contribution in [-0.4, -0.2) is 49.9 Å². The monoisotopic (exact) mass is 252 g/mol. The second kappa shape index (κ2) is 6.90. The van der Waals surface area contributed by atoms with Crippen molar-refractivity contribution in [2.75, 3.05) is 27.2 Å². The van der Waals surface area contributed by atoms with Gasteiger partial charge in [0.15, 0.2) is 0 Å². The van der Waals surface area contributed by atoms with Gasteiger partial charge in [0.1, 0.15) is 0 Å². The summed E-state index contributed by atoms with van der Waals surface area (Å²) in [4.78, 5) is 6.92. The molecule has 0 saturated heterocycles. The average Bonchev–Trinajstić information content (AvgIpc) is 2.23. The maximum Gasteiger partial charge on any atom is 0.0532 e. The largest absolute Gasteiger partial charge is 0.402 e. The predicted molar refractivity (Wildman–Crippen MR) is 79.0 cm³/mol. The first-order valence-electron chi connectivity index (χ1n) is 6.76. The Bertz CT molecular complexity index is 321. The number of hydrogen-bond acceptors (Lipinski definition) is 4. The van der Waals surface area contributed by atoms with Crippen LogP contribution in [0.25, 0.3) is 0 Å². The van der Waals surface area contributed by atoms with Gasteiger partial charge in [-0.15, -0.1) is 0 Å². The summed E-state index contributed by atoms with van der Waals surface area (Å²) in [6.07, 6.45) is 2.31. The molecule has 0 aromatic heterocycles. The zero-order valence-corrected chi connectivity index (χ0v) is 12.5. The van der Waals surface area contributed by atoms with E-state index in [0.717, 1.165) is 42.9 Å². The maximum atomic E-state index is 5.78. The Balaban J connectivity index is 2.26. The molecule has 104 valence electrons. The minimum atomic E-state index is 0.483. The number of hydrogen-bond donors (Lipinski definition) is 2. The molecule has 0 aromatic rings. The van der Waals surface area contributed by atoms with Gasteiger partial charge in [-0.05, 0) is 53.3 Å². The third kappa shape index (κ3) is 4.78. The van der Waals surface area contributed by atoms with Crippen LogP contribution >= 0.6 is 0 Å². The Morgan fingerprint density at radius 1 is 1.28 bits per heavy atom. The van der Waals surface area contributed by atoms with E-state index in [4.69, 9.17) is 10.7 Å². The molecule has 0 spiro atoms. The molecule has 4 nitrogen and oxygen atoms in total. The fourth-order valence-corrected chi connectivity index (χ4v) is 2.01. The number of rotatable bonds is 6. The zero-order chi connectivity index (χ0) is 13.7. The number of allylic oxidation sites excluding steroid dienone is 2. The quantitative estimate of drug-likeness (QED) is 0.702. The lowest BCUT2D eigenvalue weighted by molar-refractivity contribution is 0.280. The molecule has 0 atom stereocenters. The molecule has 1 aliphatic carbocycles. The van der Waals surface area contributed by atoms with Crippen molar-refractivity contribution in [3.63, 3.8) is 0 Å². The van der Waals surface area contributed by atoms with Gasteiger partial charge in [-0.1, -0.05) is 0 Å². The van der Waals surface area contributed by atoms with Crippen molar-refractivity contribution >= 4 is 5.71 Å². The van der Waals surface area contributed by atoms with Gasteiger partial charge in [-0.3, -0.25) is 4.99 Å². The Morgan fingerprint density at radius 3 is 2.39 bits per heavy atom.